The Labute approximate surface area is 162 Å². The highest BCUT2D eigenvalue weighted by atomic mass is 16.5. The number of allylic oxidation sites excluding steroid dienone is 1. The minimum Gasteiger partial charge on any atom is -0.478 e. The number of nitrogens with zero attached hydrogens (tertiary/aromatic N) is 1. The maximum absolute atomic E-state index is 6.13. The minimum absolute atomic E-state index is 0.172. The lowest BCUT2D eigenvalue weighted by molar-refractivity contribution is 0.250. The summed E-state index contributed by atoms with van der Waals surface area (Å²) in [4.78, 5) is 4.94. The lowest BCUT2D eigenvalue weighted by Crippen LogP contribution is -2.41. The zero-order valence-corrected chi connectivity index (χ0v) is 16.2. The van der Waals surface area contributed by atoms with Crippen LogP contribution in [0.4, 0.5) is 0 Å². The molecule has 0 fully saturated rings. The molecule has 0 saturated heterocycles. The lowest BCUT2D eigenvalue weighted by atomic mass is 9.66. The molecule has 0 N–H and O–H groups in total. The fourth-order valence-corrected chi connectivity index (χ4v) is 3.91. The largest absolute Gasteiger partial charge is 0.478 e. The topological polar surface area (TPSA) is 21.6 Å². The van der Waals surface area contributed by atoms with Gasteiger partial charge in [-0.2, -0.15) is 0 Å². The fourth-order valence-electron chi connectivity index (χ4n) is 3.91. The quantitative estimate of drug-likeness (QED) is 0.675. The molecule has 0 saturated carbocycles. The Kier molecular flexibility index (Phi) is 4.40. The monoisotopic (exact) mass is 355 g/mol. The molecule has 0 spiro atoms. The Morgan fingerprint density at radius 3 is 2.52 bits per heavy atom. The van der Waals surface area contributed by atoms with Gasteiger partial charge in [0.15, 0.2) is 5.90 Å². The van der Waals surface area contributed by atoms with Crippen LogP contribution in [0.2, 0.25) is 0 Å². The molecule has 0 unspecified atom stereocenters. The van der Waals surface area contributed by atoms with E-state index in [1.54, 1.807) is 0 Å². The highest BCUT2D eigenvalue weighted by Crippen LogP contribution is 2.44. The molecule has 2 heteroatoms. The average Bonchev–Trinajstić information content (AvgIpc) is 3.05. The third-order valence-corrected chi connectivity index (χ3v) is 5.51. The van der Waals surface area contributed by atoms with E-state index < -0.39 is 0 Å². The summed E-state index contributed by atoms with van der Waals surface area (Å²) < 4.78 is 6.13. The average molecular weight is 355 g/mol. The number of rotatable bonds is 2. The van der Waals surface area contributed by atoms with Gasteiger partial charge in [-0.3, -0.25) is 0 Å². The van der Waals surface area contributed by atoms with E-state index in [1.165, 1.54) is 11.1 Å². The molecular formula is C25H25NO. The summed E-state index contributed by atoms with van der Waals surface area (Å²) in [6.07, 6.45) is 5.25. The molecule has 2 nitrogen and oxygen atoms in total. The SMILES string of the molecule is CC1(C)COC([C@]2(C)c3ccccc3C=C[C@@H]2CC#Cc2ccccc2)=N1. The number of fused-ring (bicyclic) bond motifs is 1. The molecule has 0 radical (unpaired) electrons. The van der Waals surface area contributed by atoms with E-state index >= 15 is 0 Å². The van der Waals surface area contributed by atoms with E-state index in [0.29, 0.717) is 6.61 Å². The Balaban J connectivity index is 1.71. The highest BCUT2D eigenvalue weighted by Gasteiger charge is 2.47. The van der Waals surface area contributed by atoms with Gasteiger partial charge in [0.25, 0.3) is 0 Å². The van der Waals surface area contributed by atoms with Crippen molar-refractivity contribution < 1.29 is 4.74 Å². The van der Waals surface area contributed by atoms with Gasteiger partial charge in [-0.15, -0.1) is 0 Å². The molecule has 2 aromatic carbocycles. The van der Waals surface area contributed by atoms with Gasteiger partial charge < -0.3 is 4.74 Å². The second kappa shape index (κ2) is 6.74. The summed E-state index contributed by atoms with van der Waals surface area (Å²) in [5.74, 6) is 7.75. The van der Waals surface area contributed by atoms with Crippen LogP contribution in [0.5, 0.6) is 0 Å². The van der Waals surface area contributed by atoms with Crippen molar-refractivity contribution in [3.8, 4) is 11.8 Å². The van der Waals surface area contributed by atoms with E-state index in [1.807, 2.05) is 30.3 Å². The molecule has 2 aliphatic rings. The van der Waals surface area contributed by atoms with Gasteiger partial charge in [-0.1, -0.05) is 66.5 Å². The van der Waals surface area contributed by atoms with Crippen molar-refractivity contribution >= 4 is 12.0 Å². The van der Waals surface area contributed by atoms with Gasteiger partial charge in [-0.05, 0) is 44.0 Å². The van der Waals surface area contributed by atoms with Crippen molar-refractivity contribution in [2.45, 2.75) is 38.1 Å². The second-order valence-electron chi connectivity index (χ2n) is 8.15. The number of aliphatic imine (C=N–C) groups is 1. The highest BCUT2D eigenvalue weighted by molar-refractivity contribution is 5.92. The molecule has 1 aliphatic carbocycles. The van der Waals surface area contributed by atoms with Crippen LogP contribution < -0.4 is 0 Å². The molecule has 2 atom stereocenters. The molecule has 0 amide bonds. The van der Waals surface area contributed by atoms with Crippen molar-refractivity contribution in [1.29, 1.82) is 0 Å². The van der Waals surface area contributed by atoms with E-state index in [2.05, 4.69) is 69.0 Å². The maximum Gasteiger partial charge on any atom is 0.195 e. The van der Waals surface area contributed by atoms with Crippen LogP contribution in [-0.2, 0) is 10.2 Å². The molecule has 2 aromatic rings. The lowest BCUT2D eigenvalue weighted by Gasteiger charge is -2.38. The van der Waals surface area contributed by atoms with Crippen LogP contribution in [0.3, 0.4) is 0 Å². The number of benzene rings is 2. The summed E-state index contributed by atoms with van der Waals surface area (Å²) in [6, 6.07) is 18.7. The number of ether oxygens (including phenoxy) is 1. The van der Waals surface area contributed by atoms with Crippen LogP contribution in [0.25, 0.3) is 6.08 Å². The van der Waals surface area contributed by atoms with Crippen LogP contribution >= 0.6 is 0 Å². The fraction of sp³-hybridized carbons (Fsp3) is 0.320. The molecule has 0 aromatic heterocycles. The third kappa shape index (κ3) is 3.30. The first-order chi connectivity index (χ1) is 13.0. The number of hydrogen-bond acceptors (Lipinski definition) is 2. The normalized spacial score (nSPS) is 25.0. The van der Waals surface area contributed by atoms with E-state index in [0.717, 1.165) is 17.9 Å². The van der Waals surface area contributed by atoms with Crippen molar-refractivity contribution in [3.63, 3.8) is 0 Å². The van der Waals surface area contributed by atoms with Crippen molar-refractivity contribution in [1.82, 2.24) is 0 Å². The Morgan fingerprint density at radius 1 is 1.04 bits per heavy atom. The molecule has 0 bridgehead atoms. The van der Waals surface area contributed by atoms with Crippen molar-refractivity contribution in [3.05, 3.63) is 77.4 Å². The summed E-state index contributed by atoms with van der Waals surface area (Å²) in [6.45, 7) is 7.13. The van der Waals surface area contributed by atoms with Gasteiger partial charge in [0, 0.05) is 17.9 Å². The summed E-state index contributed by atoms with van der Waals surface area (Å²) in [7, 11) is 0. The van der Waals surface area contributed by atoms with Gasteiger partial charge in [-0.25, -0.2) is 4.99 Å². The first kappa shape index (κ1) is 17.6. The Bertz CT molecular complexity index is 959. The van der Waals surface area contributed by atoms with Crippen LogP contribution in [0, 0.1) is 17.8 Å². The first-order valence-electron chi connectivity index (χ1n) is 9.54. The van der Waals surface area contributed by atoms with Crippen LogP contribution in [0.15, 0.2) is 65.7 Å². The molecular weight excluding hydrogens is 330 g/mol. The summed E-state index contributed by atoms with van der Waals surface area (Å²) in [5.41, 5.74) is 3.09. The molecule has 1 heterocycles. The molecule has 1 aliphatic heterocycles. The van der Waals surface area contributed by atoms with E-state index in [-0.39, 0.29) is 16.9 Å². The smallest absolute Gasteiger partial charge is 0.195 e. The van der Waals surface area contributed by atoms with E-state index in [9.17, 15) is 0 Å². The van der Waals surface area contributed by atoms with Gasteiger partial charge in [0.2, 0.25) is 0 Å². The van der Waals surface area contributed by atoms with Crippen molar-refractivity contribution in [2.24, 2.45) is 10.9 Å². The van der Waals surface area contributed by atoms with Gasteiger partial charge in [0.1, 0.15) is 6.61 Å². The predicted octanol–water partition coefficient (Wildman–Crippen LogP) is 5.24. The molecule has 136 valence electrons. The first-order valence-corrected chi connectivity index (χ1v) is 9.54. The minimum atomic E-state index is -0.301. The van der Waals surface area contributed by atoms with Crippen molar-refractivity contribution in [2.75, 3.05) is 6.61 Å². The van der Waals surface area contributed by atoms with Crippen LogP contribution in [-0.4, -0.2) is 18.0 Å². The third-order valence-electron chi connectivity index (χ3n) is 5.51. The Hall–Kier alpha value is -2.79. The van der Waals surface area contributed by atoms with Gasteiger partial charge >= 0.3 is 0 Å². The van der Waals surface area contributed by atoms with Crippen LogP contribution in [0.1, 0.15) is 43.9 Å². The zero-order chi connectivity index (χ0) is 18.9. The van der Waals surface area contributed by atoms with Gasteiger partial charge in [0.05, 0.1) is 11.0 Å². The summed E-state index contributed by atoms with van der Waals surface area (Å²) >= 11 is 0. The Morgan fingerprint density at radius 2 is 1.78 bits per heavy atom. The molecule has 27 heavy (non-hydrogen) atoms. The molecule has 4 rings (SSSR count). The predicted molar refractivity (Wildman–Crippen MR) is 112 cm³/mol. The van der Waals surface area contributed by atoms with E-state index in [4.69, 9.17) is 9.73 Å². The number of hydrogen-bond donors (Lipinski definition) is 0. The standard InChI is InChI=1S/C25H25NO/c1-24(2)18-27-23(26-24)25(3)21(14-9-12-19-10-5-4-6-11-19)17-16-20-13-7-8-15-22(20)25/h4-8,10-11,13,15-17,21H,14,18H2,1-3H3/t21-,25-/m0/s1. The second-order valence-corrected chi connectivity index (χ2v) is 8.15. The maximum atomic E-state index is 6.13. The zero-order valence-electron chi connectivity index (χ0n) is 16.2. The summed E-state index contributed by atoms with van der Waals surface area (Å²) in [5, 5.41) is 0.